The van der Waals surface area contributed by atoms with Gasteiger partial charge in [0, 0.05) is 11.1 Å². The molecule has 1 aromatic heterocycles. The van der Waals surface area contributed by atoms with Crippen molar-refractivity contribution in [2.24, 2.45) is 0 Å². The maximum Gasteiger partial charge on any atom is 0.433 e. The minimum atomic E-state index is -5.43. The van der Waals surface area contributed by atoms with Crippen molar-refractivity contribution in [1.82, 2.24) is 4.98 Å². The largest absolute Gasteiger partial charge is 0.504 e. The quantitative estimate of drug-likeness (QED) is 0.272. The molecule has 0 spiro atoms. The molecule has 1 aliphatic rings. The van der Waals surface area contributed by atoms with Crippen molar-refractivity contribution < 1.29 is 62.5 Å². The summed E-state index contributed by atoms with van der Waals surface area (Å²) in [7, 11) is 0. The fraction of sp³-hybridized carbons (Fsp3) is 0.278. The highest BCUT2D eigenvalue weighted by atomic mass is 19.4. The normalized spacial score (nSPS) is 18.7. The number of aliphatic hydroxyl groups excluding tert-OH is 1. The second-order valence-electron chi connectivity index (χ2n) is 6.64. The van der Waals surface area contributed by atoms with Crippen LogP contribution in [0.5, 0.6) is 0 Å². The monoisotopic (exact) mass is 497 g/mol. The van der Waals surface area contributed by atoms with Crippen LogP contribution >= 0.6 is 0 Å². The molecule has 3 rings (SSSR count). The van der Waals surface area contributed by atoms with Crippen molar-refractivity contribution in [3.05, 3.63) is 69.7 Å². The van der Waals surface area contributed by atoms with E-state index in [2.05, 4.69) is 9.72 Å². The van der Waals surface area contributed by atoms with Gasteiger partial charge in [-0.25, -0.2) is 4.98 Å². The van der Waals surface area contributed by atoms with E-state index in [0.29, 0.717) is 6.07 Å². The highest BCUT2D eigenvalue weighted by Crippen LogP contribution is 2.50. The van der Waals surface area contributed by atoms with E-state index in [0.717, 1.165) is 0 Å². The van der Waals surface area contributed by atoms with E-state index in [1.54, 1.807) is 0 Å². The Hall–Kier alpha value is -3.13. The van der Waals surface area contributed by atoms with Gasteiger partial charge in [0.25, 0.3) is 0 Å². The molecule has 1 unspecified atom stereocenters. The van der Waals surface area contributed by atoms with Crippen LogP contribution in [0.15, 0.2) is 36.1 Å². The van der Waals surface area contributed by atoms with Crippen LogP contribution in [0.4, 0.5) is 52.7 Å². The number of aliphatic hydroxyl groups is 1. The lowest BCUT2D eigenvalue weighted by molar-refractivity contribution is -0.150. The summed E-state index contributed by atoms with van der Waals surface area (Å²) < 4.78 is 160. The molecule has 1 saturated heterocycles. The molecule has 0 saturated carbocycles. The zero-order chi connectivity index (χ0) is 25.1. The van der Waals surface area contributed by atoms with Gasteiger partial charge in [0.05, 0.1) is 11.1 Å². The average Bonchev–Trinajstić information content (AvgIpc) is 3.44. The van der Waals surface area contributed by atoms with E-state index in [9.17, 15) is 57.8 Å². The van der Waals surface area contributed by atoms with E-state index in [-0.39, 0.29) is 24.3 Å². The van der Waals surface area contributed by atoms with Gasteiger partial charge in [-0.2, -0.15) is 52.7 Å². The Morgan fingerprint density at radius 1 is 0.727 bits per heavy atom. The fourth-order valence-corrected chi connectivity index (χ4v) is 2.78. The molecule has 0 aliphatic carbocycles. The SMILES string of the molecule is O/C(=C1\OC1c1ccc(C(F)(F)F)nc1C(F)(F)F)c1cc(C(F)(F)F)cc(C(F)(F)F)c1. The molecule has 0 bridgehead atoms. The average molecular weight is 497 g/mol. The smallest absolute Gasteiger partial charge is 0.433 e. The van der Waals surface area contributed by atoms with Gasteiger partial charge < -0.3 is 9.84 Å². The zero-order valence-electron chi connectivity index (χ0n) is 15.3. The van der Waals surface area contributed by atoms with Gasteiger partial charge in [-0.3, -0.25) is 0 Å². The molecule has 1 atom stereocenters. The summed E-state index contributed by atoms with van der Waals surface area (Å²) in [5.41, 5.74) is -9.69. The third-order valence-corrected chi connectivity index (χ3v) is 4.29. The van der Waals surface area contributed by atoms with Crippen LogP contribution in [-0.4, -0.2) is 10.1 Å². The van der Waals surface area contributed by atoms with Crippen LogP contribution < -0.4 is 0 Å². The van der Waals surface area contributed by atoms with Gasteiger partial charge in [0.2, 0.25) is 0 Å². The Labute approximate surface area is 174 Å². The minimum absolute atomic E-state index is 0.103. The molecule has 1 aliphatic heterocycles. The molecule has 1 N–H and O–H groups in total. The number of benzene rings is 1. The first-order valence-electron chi connectivity index (χ1n) is 8.35. The minimum Gasteiger partial charge on any atom is -0.504 e. The molecule has 1 fully saturated rings. The predicted molar refractivity (Wildman–Crippen MR) is 84.1 cm³/mol. The Bertz CT molecular complexity index is 1080. The van der Waals surface area contributed by atoms with Crippen LogP contribution in [0.1, 0.15) is 39.7 Å². The van der Waals surface area contributed by atoms with Crippen LogP contribution in [0.3, 0.4) is 0 Å². The predicted octanol–water partition coefficient (Wildman–Crippen LogP) is 7.15. The number of epoxide rings is 1. The Kier molecular flexibility index (Phi) is 5.53. The molecule has 1 aromatic carbocycles. The molecular formula is C18H7F12NO2. The van der Waals surface area contributed by atoms with Gasteiger partial charge in [-0.15, -0.1) is 0 Å². The molecule has 2 heterocycles. The van der Waals surface area contributed by atoms with E-state index < -0.39 is 76.0 Å². The summed E-state index contributed by atoms with van der Waals surface area (Å²) in [6.45, 7) is 0. The lowest BCUT2D eigenvalue weighted by atomic mass is 10.0. The number of rotatable bonds is 2. The first-order chi connectivity index (χ1) is 14.8. The van der Waals surface area contributed by atoms with Crippen molar-refractivity contribution in [3.63, 3.8) is 0 Å². The highest BCUT2D eigenvalue weighted by molar-refractivity contribution is 5.66. The first kappa shape index (κ1) is 24.5. The number of nitrogens with zero attached hydrogens (tertiary/aromatic N) is 1. The third kappa shape index (κ3) is 5.11. The molecule has 33 heavy (non-hydrogen) atoms. The topological polar surface area (TPSA) is 45.6 Å². The molecule has 3 nitrogen and oxygen atoms in total. The van der Waals surface area contributed by atoms with Crippen LogP contribution in [0, 0.1) is 0 Å². The number of aromatic nitrogens is 1. The Morgan fingerprint density at radius 2 is 1.24 bits per heavy atom. The van der Waals surface area contributed by atoms with Gasteiger partial charge >= 0.3 is 24.7 Å². The van der Waals surface area contributed by atoms with Gasteiger partial charge in [0.1, 0.15) is 5.69 Å². The number of hydrogen-bond acceptors (Lipinski definition) is 3. The Balaban J connectivity index is 2.10. The summed E-state index contributed by atoms with van der Waals surface area (Å²) >= 11 is 0. The van der Waals surface area contributed by atoms with E-state index >= 15 is 0 Å². The zero-order valence-corrected chi connectivity index (χ0v) is 15.3. The second-order valence-corrected chi connectivity index (χ2v) is 6.64. The van der Waals surface area contributed by atoms with Crippen LogP contribution in [-0.2, 0) is 29.4 Å². The molecule has 2 aromatic rings. The number of hydrogen-bond donors (Lipinski definition) is 1. The standard InChI is InChI=1S/C18H7F12NO2/c19-15(20,21)7-3-6(4-8(5-7)16(22,23)24)11(32)13-12(33-13)9-1-2-10(17(25,26)27)31-14(9)18(28,29)30/h1-5,12,32H/b13-11-. The van der Waals surface area contributed by atoms with Gasteiger partial charge in [-0.05, 0) is 24.3 Å². The van der Waals surface area contributed by atoms with E-state index in [4.69, 9.17) is 0 Å². The van der Waals surface area contributed by atoms with Crippen molar-refractivity contribution >= 4 is 5.76 Å². The highest BCUT2D eigenvalue weighted by Gasteiger charge is 2.48. The van der Waals surface area contributed by atoms with Crippen LogP contribution in [0.2, 0.25) is 0 Å². The van der Waals surface area contributed by atoms with Gasteiger partial charge in [-0.1, -0.05) is 6.07 Å². The second kappa shape index (κ2) is 7.45. The fourth-order valence-electron chi connectivity index (χ4n) is 2.78. The molecule has 180 valence electrons. The maximum absolute atomic E-state index is 13.2. The van der Waals surface area contributed by atoms with E-state index in [1.807, 2.05) is 0 Å². The number of pyridine rings is 1. The number of halogens is 12. The summed E-state index contributed by atoms with van der Waals surface area (Å²) in [5.74, 6) is -2.24. The number of alkyl halides is 12. The summed E-state index contributed by atoms with van der Waals surface area (Å²) in [6.07, 6.45) is -23.1. The van der Waals surface area contributed by atoms with Crippen molar-refractivity contribution in [2.45, 2.75) is 30.8 Å². The van der Waals surface area contributed by atoms with Crippen molar-refractivity contribution in [1.29, 1.82) is 0 Å². The summed E-state index contributed by atoms with van der Waals surface area (Å²) in [4.78, 5) is 2.50. The summed E-state index contributed by atoms with van der Waals surface area (Å²) in [6, 6.07) is 0.468. The Morgan fingerprint density at radius 3 is 1.67 bits per heavy atom. The molecule has 15 heteroatoms. The lowest BCUT2D eigenvalue weighted by Gasteiger charge is -2.14. The summed E-state index contributed by atoms with van der Waals surface area (Å²) in [5, 5.41) is 10.1. The lowest BCUT2D eigenvalue weighted by Crippen LogP contribution is -2.17. The van der Waals surface area contributed by atoms with Crippen molar-refractivity contribution in [2.75, 3.05) is 0 Å². The van der Waals surface area contributed by atoms with E-state index in [1.165, 1.54) is 0 Å². The van der Waals surface area contributed by atoms with Gasteiger partial charge in [0.15, 0.2) is 23.3 Å². The maximum atomic E-state index is 13.2. The number of ether oxygens (including phenoxy) is 1. The molecule has 0 radical (unpaired) electrons. The first-order valence-corrected chi connectivity index (χ1v) is 8.35. The van der Waals surface area contributed by atoms with Crippen LogP contribution in [0.25, 0.3) is 5.76 Å². The van der Waals surface area contributed by atoms with Crippen molar-refractivity contribution in [3.8, 4) is 0 Å². The third-order valence-electron chi connectivity index (χ3n) is 4.29. The molecule has 0 amide bonds. The molecular weight excluding hydrogens is 490 g/mol.